The lowest BCUT2D eigenvalue weighted by Gasteiger charge is -2.51. The second-order valence-corrected chi connectivity index (χ2v) is 25.9. The molecule has 22 unspecified atom stereocenters. The van der Waals surface area contributed by atoms with Gasteiger partial charge in [0, 0.05) is 0 Å². The van der Waals surface area contributed by atoms with Crippen LogP contribution in [0.5, 0.6) is 0 Å². The van der Waals surface area contributed by atoms with Crippen molar-refractivity contribution in [1.82, 2.24) is 0 Å². The van der Waals surface area contributed by atoms with Crippen LogP contribution in [-0.2, 0) is 52.5 Å². The molecule has 10 rings (SSSR count). The van der Waals surface area contributed by atoms with Gasteiger partial charge in [0.2, 0.25) is 0 Å². The Labute approximate surface area is 415 Å². The smallest absolute Gasteiger partial charge is 0.426 e. The van der Waals surface area contributed by atoms with Crippen molar-refractivity contribution >= 4 is 41.8 Å². The van der Waals surface area contributed by atoms with E-state index in [0.717, 1.165) is 12.8 Å². The number of carboxylic acids is 1. The topological polar surface area (TPSA) is 197 Å². The first-order valence-corrected chi connectivity index (χ1v) is 25.9. The van der Waals surface area contributed by atoms with Gasteiger partial charge in [0.05, 0.1) is 55.6 Å². The SMILES string of the molecule is COC(=O)C1CC2CC1C(C)(C)C2C1C(=O)OC(=O)C1C1(C)C(C)C2CC(C(=O)O)C1C2.COC(=O)C1CC2CC1C(C)(C)C2C1C(=O)OC(=O)C1C1(C)C(C)C2CC(CC(O)(C(F)(F)F)C(F)(F)F)C1C2. The quantitative estimate of drug-likeness (QED) is 0.0967. The lowest BCUT2D eigenvalue weighted by Crippen LogP contribution is -2.59. The highest BCUT2D eigenvalue weighted by Gasteiger charge is 2.76. The summed E-state index contributed by atoms with van der Waals surface area (Å²) >= 11 is 0. The first kappa shape index (κ1) is 53.1. The average Bonchev–Trinajstić information content (AvgIpc) is 4.16. The van der Waals surface area contributed by atoms with E-state index in [9.17, 15) is 70.1 Å². The summed E-state index contributed by atoms with van der Waals surface area (Å²) < 4.78 is 102. The third-order valence-electron chi connectivity index (χ3n) is 23.3. The molecule has 0 aromatic carbocycles. The Morgan fingerprint density at radius 2 is 0.917 bits per heavy atom. The molecule has 402 valence electrons. The number of carboxylic acid groups (broad SMARTS) is 1. The molecule has 0 radical (unpaired) electrons. The van der Waals surface area contributed by atoms with Gasteiger partial charge in [-0.25, -0.2) is 0 Å². The number of aliphatic carboxylic acids is 1. The van der Waals surface area contributed by atoms with Crippen molar-refractivity contribution in [2.24, 2.45) is 140 Å². The van der Waals surface area contributed by atoms with Crippen LogP contribution in [0.15, 0.2) is 0 Å². The zero-order chi connectivity index (χ0) is 53.3. The standard InChI is InChI=1S/C28H36F6O6.C25H34O7/c1-11-12-6-14(10-26(38,27(29,30)31)28(32,33)34)16(8-12)25(11,4)20-18(22(36)40-23(20)37)19-13-7-15(21(35)39-5)17(9-13)24(19,2)3;1-10-11-6-13(20(26)27)16(8-11)25(10,4)19-17(22(29)32-23(19)30)18-12-7-14(21(28)31-5)15(9-12)24(18,2)3/h11-20,38H,6-10H2,1-5H3;10-19H,6-9H2,1-5H3,(H,26,27). The summed E-state index contributed by atoms with van der Waals surface area (Å²) in [5.41, 5.74) is -7.46. The predicted octanol–water partition coefficient (Wildman–Crippen LogP) is 8.47. The Bertz CT molecular complexity index is 2300. The molecule has 10 fully saturated rings. The first-order valence-electron chi connectivity index (χ1n) is 25.9. The number of rotatable bonds is 9. The molecule has 8 aliphatic carbocycles. The number of methoxy groups -OCH3 is 2. The Morgan fingerprint density at radius 3 is 1.26 bits per heavy atom. The third-order valence-corrected chi connectivity index (χ3v) is 23.3. The maximum absolute atomic E-state index is 13.6. The summed E-state index contributed by atoms with van der Waals surface area (Å²) in [4.78, 5) is 89.9. The number of ether oxygens (including phenoxy) is 4. The van der Waals surface area contributed by atoms with Crippen LogP contribution < -0.4 is 0 Å². The molecule has 0 amide bonds. The Kier molecular flexibility index (Phi) is 12.4. The number of hydrogen-bond acceptors (Lipinski definition) is 12. The molecule has 22 atom stereocenters. The van der Waals surface area contributed by atoms with Gasteiger partial charge in [0.15, 0.2) is 0 Å². The molecule has 0 aromatic heterocycles. The fourth-order valence-electron chi connectivity index (χ4n) is 19.9. The second-order valence-electron chi connectivity index (χ2n) is 25.9. The van der Waals surface area contributed by atoms with Gasteiger partial charge in [0.1, 0.15) is 0 Å². The molecule has 2 heterocycles. The van der Waals surface area contributed by atoms with Crippen LogP contribution in [0.4, 0.5) is 26.3 Å². The molecule has 2 aliphatic heterocycles. The van der Waals surface area contributed by atoms with Crippen molar-refractivity contribution in [3.63, 3.8) is 0 Å². The fraction of sp³-hybridized carbons (Fsp3) is 0.868. The summed E-state index contributed by atoms with van der Waals surface area (Å²) in [6.45, 7) is 15.8. The monoisotopic (exact) mass is 1030 g/mol. The molecule has 72 heavy (non-hydrogen) atoms. The highest BCUT2D eigenvalue weighted by atomic mass is 19.4. The van der Waals surface area contributed by atoms with Gasteiger partial charge in [-0.05, 0) is 156 Å². The molecule has 8 bridgehead atoms. The molecule has 19 heteroatoms. The van der Waals surface area contributed by atoms with E-state index in [1.54, 1.807) is 6.92 Å². The molecule has 0 spiro atoms. The van der Waals surface area contributed by atoms with E-state index in [1.165, 1.54) is 14.2 Å². The van der Waals surface area contributed by atoms with Crippen LogP contribution in [-0.4, -0.2) is 84.2 Å². The van der Waals surface area contributed by atoms with Crippen LogP contribution >= 0.6 is 0 Å². The number of halogens is 6. The largest absolute Gasteiger partial charge is 0.481 e. The normalized spacial score (nSPS) is 47.2. The van der Waals surface area contributed by atoms with E-state index in [1.807, 2.05) is 27.7 Å². The van der Waals surface area contributed by atoms with E-state index in [-0.39, 0.29) is 101 Å². The molecule has 2 N–H and O–H groups in total. The van der Waals surface area contributed by atoms with Crippen molar-refractivity contribution in [3.8, 4) is 0 Å². The number of aliphatic hydroxyl groups is 1. The van der Waals surface area contributed by atoms with Crippen LogP contribution in [0.2, 0.25) is 0 Å². The molecule has 10 aliphatic rings. The van der Waals surface area contributed by atoms with Crippen molar-refractivity contribution in [2.45, 2.75) is 131 Å². The summed E-state index contributed by atoms with van der Waals surface area (Å²) in [5.74, 6) is -10.4. The van der Waals surface area contributed by atoms with E-state index < -0.39 is 112 Å². The van der Waals surface area contributed by atoms with E-state index in [0.29, 0.717) is 32.1 Å². The minimum atomic E-state index is -5.93. The summed E-state index contributed by atoms with van der Waals surface area (Å²) in [6.07, 6.45) is -8.95. The number of alkyl halides is 6. The molecular formula is C53H70F6O13. The highest BCUT2D eigenvalue weighted by molar-refractivity contribution is 5.98. The van der Waals surface area contributed by atoms with E-state index >= 15 is 0 Å². The van der Waals surface area contributed by atoms with Crippen LogP contribution in [0, 0.1) is 140 Å². The van der Waals surface area contributed by atoms with Gasteiger partial charge in [-0.1, -0.05) is 55.4 Å². The number of fused-ring (bicyclic) bond motifs is 8. The minimum absolute atomic E-state index is 0.0659. The maximum Gasteiger partial charge on any atom is 0.426 e. The highest BCUT2D eigenvalue weighted by Crippen LogP contribution is 2.74. The lowest BCUT2D eigenvalue weighted by atomic mass is 9.51. The predicted molar refractivity (Wildman–Crippen MR) is 237 cm³/mol. The molecule has 8 saturated carbocycles. The summed E-state index contributed by atoms with van der Waals surface area (Å²) in [6, 6.07) is 0. The first-order chi connectivity index (χ1) is 33.2. The molecular weight excluding hydrogens is 959 g/mol. The number of cyclic esters (lactones) is 4. The van der Waals surface area contributed by atoms with Crippen LogP contribution in [0.1, 0.15) is 113 Å². The fourth-order valence-corrected chi connectivity index (χ4v) is 19.9. The van der Waals surface area contributed by atoms with E-state index in [4.69, 9.17) is 18.9 Å². The Hall–Kier alpha value is -3.77. The number of esters is 6. The zero-order valence-corrected chi connectivity index (χ0v) is 42.6. The molecule has 2 saturated heterocycles. The zero-order valence-electron chi connectivity index (χ0n) is 42.6. The van der Waals surface area contributed by atoms with Gasteiger partial charge >= 0.3 is 54.1 Å². The second kappa shape index (κ2) is 16.9. The third kappa shape index (κ3) is 7.10. The van der Waals surface area contributed by atoms with Crippen LogP contribution in [0.25, 0.3) is 0 Å². The minimum Gasteiger partial charge on any atom is -0.481 e. The van der Waals surface area contributed by atoms with Crippen molar-refractivity contribution in [1.29, 1.82) is 0 Å². The number of carbonyl (C=O) groups excluding carboxylic acids is 6. The van der Waals surface area contributed by atoms with Crippen molar-refractivity contribution < 1.29 is 89.1 Å². The summed E-state index contributed by atoms with van der Waals surface area (Å²) in [7, 11) is 2.73. The van der Waals surface area contributed by atoms with Gasteiger partial charge in [-0.3, -0.25) is 33.6 Å². The molecule has 0 aromatic rings. The lowest BCUT2D eigenvalue weighted by molar-refractivity contribution is -0.374. The van der Waals surface area contributed by atoms with Gasteiger partial charge < -0.3 is 29.2 Å². The number of hydrogen-bond donors (Lipinski definition) is 2. The van der Waals surface area contributed by atoms with E-state index in [2.05, 4.69) is 20.8 Å². The number of carbonyl (C=O) groups is 7. The van der Waals surface area contributed by atoms with Gasteiger partial charge in [-0.15, -0.1) is 0 Å². The maximum atomic E-state index is 13.6. The van der Waals surface area contributed by atoms with Crippen LogP contribution in [0.3, 0.4) is 0 Å². The van der Waals surface area contributed by atoms with Crippen molar-refractivity contribution in [2.75, 3.05) is 14.2 Å². The van der Waals surface area contributed by atoms with Gasteiger partial charge in [0.25, 0.3) is 5.60 Å². The average molecular weight is 1030 g/mol. The Morgan fingerprint density at radius 1 is 0.556 bits per heavy atom. The summed E-state index contributed by atoms with van der Waals surface area (Å²) in [5, 5.41) is 19.8. The van der Waals surface area contributed by atoms with Crippen molar-refractivity contribution in [3.05, 3.63) is 0 Å². The van der Waals surface area contributed by atoms with Gasteiger partial charge in [-0.2, -0.15) is 26.3 Å². The molecule has 13 nitrogen and oxygen atoms in total. The Balaban J connectivity index is 0.000000182.